The number of nitrogens with one attached hydrogen (secondary N) is 1. The van der Waals surface area contributed by atoms with Crippen LogP contribution in [0.25, 0.3) is 0 Å². The minimum atomic E-state index is 0.0538. The van der Waals surface area contributed by atoms with Crippen LogP contribution in [0.1, 0.15) is 40.0 Å². The lowest BCUT2D eigenvalue weighted by Gasteiger charge is -2.24. The highest BCUT2D eigenvalue weighted by atomic mass is 79.9. The molecule has 1 saturated heterocycles. The molecular weight excluding hydrogens is 282 g/mol. The lowest BCUT2D eigenvalue weighted by Crippen LogP contribution is -2.38. The first kappa shape index (κ1) is 15.0. The van der Waals surface area contributed by atoms with E-state index in [0.29, 0.717) is 18.0 Å². The van der Waals surface area contributed by atoms with Crippen molar-refractivity contribution in [1.29, 1.82) is 0 Å². The maximum absolute atomic E-state index is 11.9. The van der Waals surface area contributed by atoms with Crippen LogP contribution in [0.2, 0.25) is 0 Å². The smallest absolute Gasteiger partial charge is 0.225 e. The zero-order chi connectivity index (χ0) is 12.9. The van der Waals surface area contributed by atoms with Crippen LogP contribution in [0.4, 0.5) is 0 Å². The average Bonchev–Trinajstić information content (AvgIpc) is 2.25. The summed E-state index contributed by atoms with van der Waals surface area (Å²) in [7, 11) is 0. The molecule has 2 unspecified atom stereocenters. The summed E-state index contributed by atoms with van der Waals surface area (Å²) in [5, 5.41) is 3.01. The Morgan fingerprint density at radius 3 is 2.76 bits per heavy atom. The molecule has 4 heteroatoms. The zero-order valence-corrected chi connectivity index (χ0v) is 12.7. The van der Waals surface area contributed by atoms with E-state index in [1.165, 1.54) is 0 Å². The molecule has 1 heterocycles. The van der Waals surface area contributed by atoms with Gasteiger partial charge < -0.3 is 10.1 Å². The largest absolute Gasteiger partial charge is 0.381 e. The van der Waals surface area contributed by atoms with E-state index in [2.05, 4.69) is 42.0 Å². The second-order valence-corrected chi connectivity index (χ2v) is 7.32. The number of ether oxygens (including phenoxy) is 1. The lowest BCUT2D eigenvalue weighted by molar-refractivity contribution is -0.128. The van der Waals surface area contributed by atoms with Gasteiger partial charge >= 0.3 is 0 Å². The Balaban J connectivity index is 2.22. The summed E-state index contributed by atoms with van der Waals surface area (Å²) in [4.78, 5) is 12.2. The Kier molecular flexibility index (Phi) is 5.93. The van der Waals surface area contributed by atoms with Crippen molar-refractivity contribution < 1.29 is 9.53 Å². The molecule has 0 radical (unpaired) electrons. The van der Waals surface area contributed by atoms with Crippen molar-refractivity contribution in [3.63, 3.8) is 0 Å². The summed E-state index contributed by atoms with van der Waals surface area (Å²) in [6, 6.07) is 0. The number of halogens is 1. The first-order valence-corrected chi connectivity index (χ1v) is 7.29. The van der Waals surface area contributed by atoms with Crippen LogP contribution in [0.5, 0.6) is 0 Å². The van der Waals surface area contributed by atoms with E-state index >= 15 is 0 Å². The van der Waals surface area contributed by atoms with Gasteiger partial charge in [0.15, 0.2) is 0 Å². The highest BCUT2D eigenvalue weighted by Crippen LogP contribution is 2.24. The van der Waals surface area contributed by atoms with Crippen molar-refractivity contribution in [1.82, 2.24) is 5.32 Å². The van der Waals surface area contributed by atoms with Crippen molar-refractivity contribution >= 4 is 21.8 Å². The maximum Gasteiger partial charge on any atom is 0.225 e. The molecule has 1 rings (SSSR count). The van der Waals surface area contributed by atoms with Crippen LogP contribution >= 0.6 is 15.9 Å². The molecule has 1 aliphatic heterocycles. The molecule has 17 heavy (non-hydrogen) atoms. The first-order chi connectivity index (χ1) is 7.88. The van der Waals surface area contributed by atoms with Gasteiger partial charge in [0.1, 0.15) is 0 Å². The number of rotatable bonds is 4. The number of hydrogen-bond acceptors (Lipinski definition) is 2. The molecule has 2 atom stereocenters. The number of alkyl halides is 1. The quantitative estimate of drug-likeness (QED) is 0.811. The van der Waals surface area contributed by atoms with Gasteiger partial charge in [-0.1, -0.05) is 36.7 Å². The average molecular weight is 306 g/mol. The van der Waals surface area contributed by atoms with Crippen molar-refractivity contribution in [2.45, 2.75) is 44.9 Å². The molecule has 100 valence electrons. The number of carbonyl (C=O) groups is 1. The van der Waals surface area contributed by atoms with Crippen LogP contribution < -0.4 is 5.32 Å². The van der Waals surface area contributed by atoms with Crippen molar-refractivity contribution in [2.24, 2.45) is 11.3 Å². The zero-order valence-electron chi connectivity index (χ0n) is 11.1. The van der Waals surface area contributed by atoms with Gasteiger partial charge in [0.25, 0.3) is 0 Å². The van der Waals surface area contributed by atoms with Gasteiger partial charge in [0.05, 0.1) is 12.5 Å². The molecule has 1 aliphatic rings. The van der Waals surface area contributed by atoms with Gasteiger partial charge in [-0.15, -0.1) is 0 Å². The van der Waals surface area contributed by atoms with Crippen LogP contribution in [-0.4, -0.2) is 30.5 Å². The number of hydrogen-bond donors (Lipinski definition) is 1. The minimum Gasteiger partial charge on any atom is -0.381 e. The van der Waals surface area contributed by atoms with E-state index in [-0.39, 0.29) is 17.2 Å². The summed E-state index contributed by atoms with van der Waals surface area (Å²) >= 11 is 3.62. The summed E-state index contributed by atoms with van der Waals surface area (Å²) < 4.78 is 5.32. The Labute approximate surface area is 113 Å². The minimum absolute atomic E-state index is 0.0538. The van der Waals surface area contributed by atoms with Gasteiger partial charge in [-0.2, -0.15) is 0 Å². The second kappa shape index (κ2) is 6.74. The summed E-state index contributed by atoms with van der Waals surface area (Å²) in [5.41, 5.74) is 0.285. The standard InChI is InChI=1S/C13H24BrNO2/c1-13(2,3)7-11(14)8-15-12(16)10-5-4-6-17-9-10/h10-11H,4-9H2,1-3H3,(H,15,16). The highest BCUT2D eigenvalue weighted by Gasteiger charge is 2.23. The van der Waals surface area contributed by atoms with Gasteiger partial charge in [0, 0.05) is 18.0 Å². The second-order valence-electron chi connectivity index (χ2n) is 6.02. The summed E-state index contributed by atoms with van der Waals surface area (Å²) in [6.07, 6.45) is 3.00. The van der Waals surface area contributed by atoms with Gasteiger partial charge in [-0.25, -0.2) is 0 Å². The Morgan fingerprint density at radius 2 is 2.24 bits per heavy atom. The SMILES string of the molecule is CC(C)(C)CC(Br)CNC(=O)C1CCCOC1. The molecule has 0 aliphatic carbocycles. The molecule has 1 fully saturated rings. The van der Waals surface area contributed by atoms with E-state index in [1.807, 2.05) is 0 Å². The molecule has 0 aromatic carbocycles. The van der Waals surface area contributed by atoms with Crippen molar-refractivity contribution in [3.8, 4) is 0 Å². The molecule has 0 aromatic heterocycles. The fourth-order valence-corrected chi connectivity index (χ4v) is 3.17. The molecule has 1 amide bonds. The molecule has 0 bridgehead atoms. The highest BCUT2D eigenvalue weighted by molar-refractivity contribution is 9.09. The third-order valence-corrected chi connectivity index (χ3v) is 3.51. The summed E-state index contributed by atoms with van der Waals surface area (Å²) in [5.74, 6) is 0.196. The van der Waals surface area contributed by atoms with Crippen LogP contribution in [0, 0.1) is 11.3 Å². The topological polar surface area (TPSA) is 38.3 Å². The predicted molar refractivity (Wildman–Crippen MR) is 73.3 cm³/mol. The van der Waals surface area contributed by atoms with Gasteiger partial charge in [0.2, 0.25) is 5.91 Å². The Morgan fingerprint density at radius 1 is 1.53 bits per heavy atom. The van der Waals surface area contributed by atoms with Crippen LogP contribution in [-0.2, 0) is 9.53 Å². The molecular formula is C13H24BrNO2. The molecule has 0 aromatic rings. The first-order valence-electron chi connectivity index (χ1n) is 6.38. The summed E-state index contributed by atoms with van der Waals surface area (Å²) in [6.45, 7) is 8.70. The van der Waals surface area contributed by atoms with Crippen molar-refractivity contribution in [3.05, 3.63) is 0 Å². The van der Waals surface area contributed by atoms with Crippen LogP contribution in [0.15, 0.2) is 0 Å². The Bertz CT molecular complexity index is 244. The third-order valence-electron chi connectivity index (χ3n) is 2.86. The maximum atomic E-state index is 11.9. The Hall–Kier alpha value is -0.0900. The fraction of sp³-hybridized carbons (Fsp3) is 0.923. The van der Waals surface area contributed by atoms with Gasteiger partial charge in [-0.05, 0) is 24.7 Å². The fourth-order valence-electron chi connectivity index (χ4n) is 2.04. The lowest BCUT2D eigenvalue weighted by atomic mass is 9.90. The number of amides is 1. The van der Waals surface area contributed by atoms with E-state index in [1.54, 1.807) is 0 Å². The molecule has 0 spiro atoms. The van der Waals surface area contributed by atoms with E-state index < -0.39 is 0 Å². The molecule has 0 saturated carbocycles. The number of carbonyl (C=O) groups excluding carboxylic acids is 1. The predicted octanol–water partition coefficient (Wildman–Crippen LogP) is 2.73. The van der Waals surface area contributed by atoms with E-state index in [0.717, 1.165) is 25.9 Å². The molecule has 3 nitrogen and oxygen atoms in total. The van der Waals surface area contributed by atoms with E-state index in [9.17, 15) is 4.79 Å². The molecule has 1 N–H and O–H groups in total. The van der Waals surface area contributed by atoms with Crippen molar-refractivity contribution in [2.75, 3.05) is 19.8 Å². The van der Waals surface area contributed by atoms with Gasteiger partial charge in [-0.3, -0.25) is 4.79 Å². The normalized spacial score (nSPS) is 23.2. The monoisotopic (exact) mass is 305 g/mol. The third kappa shape index (κ3) is 6.41. The van der Waals surface area contributed by atoms with E-state index in [4.69, 9.17) is 4.74 Å². The van der Waals surface area contributed by atoms with Crippen LogP contribution in [0.3, 0.4) is 0 Å².